The third kappa shape index (κ3) is 4.46. The van der Waals surface area contributed by atoms with Crippen LogP contribution in [0.3, 0.4) is 0 Å². The first kappa shape index (κ1) is 17.5. The topological polar surface area (TPSA) is 38.8 Å². The number of carbonyl (C=O) groups is 1. The summed E-state index contributed by atoms with van der Waals surface area (Å²) in [5, 5.41) is 0. The Morgan fingerprint density at radius 1 is 1.19 bits per heavy atom. The third-order valence-corrected chi connectivity index (χ3v) is 4.34. The van der Waals surface area contributed by atoms with Crippen LogP contribution in [0.4, 0.5) is 0 Å². The number of likely N-dealkylation sites (N-methyl/N-ethyl adjacent to an activating group) is 1. The number of rotatable bonds is 7. The summed E-state index contributed by atoms with van der Waals surface area (Å²) in [5.41, 5.74) is 1.18. The lowest BCUT2D eigenvalue weighted by molar-refractivity contribution is -0.147. The summed E-state index contributed by atoms with van der Waals surface area (Å²) in [5.74, 6) is 0.588. The number of ether oxygens (including phenoxy) is 2. The predicted octanol–water partition coefficient (Wildman–Crippen LogP) is 2.76. The van der Waals surface area contributed by atoms with E-state index in [1.165, 1.54) is 12.7 Å². The summed E-state index contributed by atoms with van der Waals surface area (Å²) in [6.07, 6.45) is 0.874. The number of nitrogens with zero attached hydrogens (tertiary/aromatic N) is 1. The highest BCUT2D eigenvalue weighted by Crippen LogP contribution is 2.22. The molecule has 0 bridgehead atoms. The second-order valence-electron chi connectivity index (χ2n) is 5.58. The van der Waals surface area contributed by atoms with E-state index in [1.54, 1.807) is 7.11 Å². The zero-order valence-electron chi connectivity index (χ0n) is 13.9. The standard InChI is InChI=1S/C17H27NO3/c1-12(11-15-9-7-8-10-16(15)20-5)18(4)14(3)13(2)17(19)21-6/h7-10,12-14H,11H2,1-6H3. The molecule has 0 aromatic heterocycles. The summed E-state index contributed by atoms with van der Waals surface area (Å²) in [4.78, 5) is 13.9. The molecule has 0 radical (unpaired) electrons. The van der Waals surface area contributed by atoms with Crippen LogP contribution >= 0.6 is 0 Å². The van der Waals surface area contributed by atoms with Gasteiger partial charge in [0.1, 0.15) is 5.75 Å². The molecule has 4 nitrogen and oxygen atoms in total. The monoisotopic (exact) mass is 293 g/mol. The first-order valence-electron chi connectivity index (χ1n) is 7.34. The van der Waals surface area contributed by atoms with Crippen LogP contribution in [0.15, 0.2) is 24.3 Å². The average molecular weight is 293 g/mol. The average Bonchev–Trinajstić information content (AvgIpc) is 2.52. The van der Waals surface area contributed by atoms with Gasteiger partial charge in [-0.05, 0) is 38.9 Å². The minimum Gasteiger partial charge on any atom is -0.496 e. The molecule has 0 spiro atoms. The molecule has 0 aliphatic carbocycles. The number of hydrogen-bond donors (Lipinski definition) is 0. The Morgan fingerprint density at radius 3 is 2.38 bits per heavy atom. The first-order chi connectivity index (χ1) is 9.92. The van der Waals surface area contributed by atoms with Crippen LogP contribution in [-0.2, 0) is 16.0 Å². The molecule has 0 heterocycles. The van der Waals surface area contributed by atoms with Crippen LogP contribution in [0.25, 0.3) is 0 Å². The van der Waals surface area contributed by atoms with Gasteiger partial charge in [-0.2, -0.15) is 0 Å². The number of carbonyl (C=O) groups excluding carboxylic acids is 1. The molecule has 118 valence electrons. The van der Waals surface area contributed by atoms with Crippen molar-refractivity contribution in [2.75, 3.05) is 21.3 Å². The summed E-state index contributed by atoms with van der Waals surface area (Å²) in [6, 6.07) is 8.45. The van der Waals surface area contributed by atoms with E-state index in [2.05, 4.69) is 24.8 Å². The van der Waals surface area contributed by atoms with E-state index in [1.807, 2.05) is 32.2 Å². The number of para-hydroxylation sites is 1. The molecule has 4 heteroatoms. The van der Waals surface area contributed by atoms with E-state index in [0.717, 1.165) is 12.2 Å². The van der Waals surface area contributed by atoms with Gasteiger partial charge >= 0.3 is 5.97 Å². The Labute approximate surface area is 128 Å². The van der Waals surface area contributed by atoms with Crippen LogP contribution in [0.1, 0.15) is 26.3 Å². The summed E-state index contributed by atoms with van der Waals surface area (Å²) in [7, 11) is 5.17. The first-order valence-corrected chi connectivity index (χ1v) is 7.34. The molecule has 0 fully saturated rings. The van der Waals surface area contributed by atoms with Crippen molar-refractivity contribution in [1.82, 2.24) is 4.90 Å². The Bertz CT molecular complexity index is 461. The Hall–Kier alpha value is -1.55. The van der Waals surface area contributed by atoms with Gasteiger partial charge in [-0.15, -0.1) is 0 Å². The summed E-state index contributed by atoms with van der Waals surface area (Å²) >= 11 is 0. The zero-order chi connectivity index (χ0) is 16.0. The van der Waals surface area contributed by atoms with Crippen LogP contribution in [-0.4, -0.2) is 44.2 Å². The largest absolute Gasteiger partial charge is 0.496 e. The molecule has 0 N–H and O–H groups in total. The van der Waals surface area contributed by atoms with Crippen molar-refractivity contribution in [3.05, 3.63) is 29.8 Å². The lowest BCUT2D eigenvalue weighted by Crippen LogP contribution is -2.44. The fraction of sp³-hybridized carbons (Fsp3) is 0.588. The highest BCUT2D eigenvalue weighted by atomic mass is 16.5. The van der Waals surface area contributed by atoms with Gasteiger partial charge in [0, 0.05) is 12.1 Å². The zero-order valence-corrected chi connectivity index (χ0v) is 13.9. The molecule has 0 aliphatic heterocycles. The van der Waals surface area contributed by atoms with E-state index in [9.17, 15) is 4.79 Å². The van der Waals surface area contributed by atoms with Gasteiger partial charge in [0.15, 0.2) is 0 Å². The maximum absolute atomic E-state index is 11.7. The van der Waals surface area contributed by atoms with Crippen molar-refractivity contribution in [2.24, 2.45) is 5.92 Å². The van der Waals surface area contributed by atoms with Crippen LogP contribution in [0.5, 0.6) is 5.75 Å². The third-order valence-electron chi connectivity index (χ3n) is 4.34. The molecule has 21 heavy (non-hydrogen) atoms. The van der Waals surface area contributed by atoms with Gasteiger partial charge in [-0.3, -0.25) is 9.69 Å². The lowest BCUT2D eigenvalue weighted by atomic mass is 9.98. The highest BCUT2D eigenvalue weighted by molar-refractivity contribution is 5.72. The second-order valence-corrected chi connectivity index (χ2v) is 5.58. The van der Waals surface area contributed by atoms with E-state index < -0.39 is 0 Å². The molecule has 0 aliphatic rings. The molecule has 0 saturated carbocycles. The SMILES string of the molecule is COC(=O)C(C)C(C)N(C)C(C)Cc1ccccc1OC. The minimum atomic E-state index is -0.168. The maximum Gasteiger partial charge on any atom is 0.309 e. The van der Waals surface area contributed by atoms with E-state index in [-0.39, 0.29) is 17.9 Å². The normalized spacial score (nSPS) is 15.4. The van der Waals surface area contributed by atoms with Gasteiger partial charge in [0.2, 0.25) is 0 Å². The van der Waals surface area contributed by atoms with E-state index >= 15 is 0 Å². The molecule has 3 atom stereocenters. The number of benzene rings is 1. The van der Waals surface area contributed by atoms with E-state index in [4.69, 9.17) is 9.47 Å². The van der Waals surface area contributed by atoms with Gasteiger partial charge in [-0.1, -0.05) is 25.1 Å². The predicted molar refractivity (Wildman–Crippen MR) is 84.6 cm³/mol. The van der Waals surface area contributed by atoms with Gasteiger partial charge in [0.05, 0.1) is 20.1 Å². The van der Waals surface area contributed by atoms with Gasteiger partial charge in [0.25, 0.3) is 0 Å². The van der Waals surface area contributed by atoms with Crippen LogP contribution in [0.2, 0.25) is 0 Å². The number of methoxy groups -OCH3 is 2. The molecule has 1 rings (SSSR count). The summed E-state index contributed by atoms with van der Waals surface area (Å²) in [6.45, 7) is 6.12. The van der Waals surface area contributed by atoms with E-state index in [0.29, 0.717) is 6.04 Å². The molecule has 3 unspecified atom stereocenters. The minimum absolute atomic E-state index is 0.113. The molecule has 0 amide bonds. The Morgan fingerprint density at radius 2 is 1.81 bits per heavy atom. The van der Waals surface area contributed by atoms with Crippen molar-refractivity contribution >= 4 is 5.97 Å². The molecule has 1 aromatic carbocycles. The Kier molecular flexibility index (Phi) is 6.69. The Balaban J connectivity index is 2.74. The van der Waals surface area contributed by atoms with Gasteiger partial charge < -0.3 is 9.47 Å². The molecule has 1 aromatic rings. The number of esters is 1. The highest BCUT2D eigenvalue weighted by Gasteiger charge is 2.27. The quantitative estimate of drug-likeness (QED) is 0.725. The van der Waals surface area contributed by atoms with Crippen molar-refractivity contribution in [2.45, 2.75) is 39.3 Å². The lowest BCUT2D eigenvalue weighted by Gasteiger charge is -2.33. The fourth-order valence-corrected chi connectivity index (χ4v) is 2.47. The maximum atomic E-state index is 11.7. The fourth-order valence-electron chi connectivity index (χ4n) is 2.47. The van der Waals surface area contributed by atoms with Crippen LogP contribution in [0, 0.1) is 5.92 Å². The van der Waals surface area contributed by atoms with Crippen LogP contribution < -0.4 is 4.74 Å². The van der Waals surface area contributed by atoms with Crippen molar-refractivity contribution < 1.29 is 14.3 Å². The van der Waals surface area contributed by atoms with Crippen molar-refractivity contribution in [1.29, 1.82) is 0 Å². The van der Waals surface area contributed by atoms with Crippen molar-refractivity contribution in [3.8, 4) is 5.75 Å². The number of hydrogen-bond acceptors (Lipinski definition) is 4. The summed E-state index contributed by atoms with van der Waals surface area (Å²) < 4.78 is 10.2. The van der Waals surface area contributed by atoms with Crippen molar-refractivity contribution in [3.63, 3.8) is 0 Å². The smallest absolute Gasteiger partial charge is 0.309 e. The molecular formula is C17H27NO3. The second kappa shape index (κ2) is 8.03. The van der Waals surface area contributed by atoms with Gasteiger partial charge in [-0.25, -0.2) is 0 Å². The molecular weight excluding hydrogens is 266 g/mol. The molecule has 0 saturated heterocycles.